The summed E-state index contributed by atoms with van der Waals surface area (Å²) in [7, 11) is 1.54. The minimum absolute atomic E-state index is 0.132. The Balaban J connectivity index is 1.86. The predicted octanol–water partition coefficient (Wildman–Crippen LogP) is 1.92. The van der Waals surface area contributed by atoms with Crippen molar-refractivity contribution in [3.8, 4) is 0 Å². The van der Waals surface area contributed by atoms with Crippen molar-refractivity contribution < 1.29 is 23.2 Å². The zero-order valence-electron chi connectivity index (χ0n) is 14.8. The molecule has 0 aliphatic heterocycles. The average molecular weight is 363 g/mol. The minimum Gasteiger partial charge on any atom is -0.383 e. The molecular weight excluding hydrogens is 341 g/mol. The highest BCUT2D eigenvalue weighted by Crippen LogP contribution is 2.07. The summed E-state index contributed by atoms with van der Waals surface area (Å²) in [6, 6.07) is 7.45. The van der Waals surface area contributed by atoms with Crippen LogP contribution in [0.4, 0.5) is 4.39 Å². The summed E-state index contributed by atoms with van der Waals surface area (Å²) < 4.78 is 22.8. The molecule has 1 aromatic heterocycles. The molecule has 2 aromatic rings. The third-order valence-corrected chi connectivity index (χ3v) is 3.71. The Morgan fingerprint density at radius 3 is 2.62 bits per heavy atom. The maximum absolute atomic E-state index is 12.9. The lowest BCUT2D eigenvalue weighted by Crippen LogP contribution is -2.37. The summed E-state index contributed by atoms with van der Waals surface area (Å²) in [5.74, 6) is -0.307. The molecular formula is C18H22FN3O4. The number of nitrogens with zero attached hydrogens (tertiary/aromatic N) is 2. The van der Waals surface area contributed by atoms with Crippen LogP contribution in [0.25, 0.3) is 0 Å². The van der Waals surface area contributed by atoms with Crippen molar-refractivity contribution >= 4 is 11.8 Å². The van der Waals surface area contributed by atoms with Gasteiger partial charge in [-0.25, -0.2) is 4.39 Å². The number of halogens is 1. The number of aryl methyl sites for hydroxylation is 1. The Hall–Kier alpha value is -2.74. The van der Waals surface area contributed by atoms with E-state index in [4.69, 9.17) is 9.26 Å². The normalized spacial score (nSPS) is 10.6. The number of methoxy groups -OCH3 is 1. The van der Waals surface area contributed by atoms with Crippen molar-refractivity contribution in [3.63, 3.8) is 0 Å². The molecule has 0 aliphatic carbocycles. The molecule has 140 valence electrons. The molecule has 1 heterocycles. The number of benzene rings is 1. The number of hydrogen-bond acceptors (Lipinski definition) is 5. The van der Waals surface area contributed by atoms with E-state index in [-0.39, 0.29) is 36.3 Å². The number of hydrogen-bond donors (Lipinski definition) is 1. The van der Waals surface area contributed by atoms with E-state index in [9.17, 15) is 14.0 Å². The Kier molecular flexibility index (Phi) is 7.28. The Bertz CT molecular complexity index is 730. The molecule has 1 N–H and O–H groups in total. The van der Waals surface area contributed by atoms with Crippen molar-refractivity contribution in [2.24, 2.45) is 0 Å². The van der Waals surface area contributed by atoms with Crippen LogP contribution >= 0.6 is 0 Å². The lowest BCUT2D eigenvalue weighted by molar-refractivity contribution is -0.121. The zero-order valence-corrected chi connectivity index (χ0v) is 14.8. The first-order valence-electron chi connectivity index (χ1n) is 8.22. The molecule has 0 saturated heterocycles. The van der Waals surface area contributed by atoms with Gasteiger partial charge in [0.25, 0.3) is 5.91 Å². The largest absolute Gasteiger partial charge is 0.383 e. The molecule has 0 unspecified atom stereocenters. The number of rotatable bonds is 9. The van der Waals surface area contributed by atoms with Gasteiger partial charge in [-0.2, -0.15) is 0 Å². The summed E-state index contributed by atoms with van der Waals surface area (Å²) in [6.07, 6.45) is 0.132. The number of ether oxygens (including phenoxy) is 1. The van der Waals surface area contributed by atoms with Crippen LogP contribution < -0.4 is 5.32 Å². The summed E-state index contributed by atoms with van der Waals surface area (Å²) in [4.78, 5) is 26.0. The molecule has 2 rings (SSSR count). The van der Waals surface area contributed by atoms with Gasteiger partial charge in [-0.1, -0.05) is 17.3 Å². The van der Waals surface area contributed by atoms with Crippen LogP contribution in [0.1, 0.15) is 28.2 Å². The van der Waals surface area contributed by atoms with Gasteiger partial charge in [0.1, 0.15) is 11.6 Å². The number of carbonyl (C=O) groups excluding carboxylic acids is 2. The summed E-state index contributed by atoms with van der Waals surface area (Å²) in [5.41, 5.74) is 0.996. The fraction of sp³-hybridized carbons (Fsp3) is 0.389. The Labute approximate surface area is 151 Å². The monoisotopic (exact) mass is 363 g/mol. The molecule has 0 spiro atoms. The van der Waals surface area contributed by atoms with Crippen molar-refractivity contribution in [2.75, 3.05) is 26.8 Å². The van der Waals surface area contributed by atoms with E-state index in [1.54, 1.807) is 25.1 Å². The van der Waals surface area contributed by atoms with Crippen LogP contribution in [0.5, 0.6) is 0 Å². The van der Waals surface area contributed by atoms with Crippen molar-refractivity contribution in [1.29, 1.82) is 0 Å². The molecule has 7 nitrogen and oxygen atoms in total. The van der Waals surface area contributed by atoms with Gasteiger partial charge < -0.3 is 19.5 Å². The molecule has 0 radical (unpaired) electrons. The fourth-order valence-electron chi connectivity index (χ4n) is 2.27. The smallest absolute Gasteiger partial charge is 0.276 e. The molecule has 0 fully saturated rings. The quantitative estimate of drug-likeness (QED) is 0.736. The van der Waals surface area contributed by atoms with E-state index in [1.165, 1.54) is 24.1 Å². The second kappa shape index (κ2) is 9.67. The van der Waals surface area contributed by atoms with E-state index in [0.717, 1.165) is 5.56 Å². The van der Waals surface area contributed by atoms with Crippen molar-refractivity contribution in [1.82, 2.24) is 15.4 Å². The van der Waals surface area contributed by atoms with E-state index >= 15 is 0 Å². The van der Waals surface area contributed by atoms with Gasteiger partial charge in [0, 0.05) is 39.2 Å². The van der Waals surface area contributed by atoms with E-state index < -0.39 is 0 Å². The first kappa shape index (κ1) is 19.6. The second-order valence-electron chi connectivity index (χ2n) is 5.76. The molecule has 0 saturated carbocycles. The van der Waals surface area contributed by atoms with Crippen LogP contribution in [-0.4, -0.2) is 48.7 Å². The van der Waals surface area contributed by atoms with Gasteiger partial charge in [0.15, 0.2) is 5.69 Å². The molecule has 8 heteroatoms. The number of carbonyl (C=O) groups is 2. The summed E-state index contributed by atoms with van der Waals surface area (Å²) in [5, 5.41) is 6.46. The maximum atomic E-state index is 12.9. The van der Waals surface area contributed by atoms with Crippen LogP contribution in [-0.2, 0) is 16.1 Å². The van der Waals surface area contributed by atoms with Gasteiger partial charge in [-0.3, -0.25) is 9.59 Å². The number of nitrogens with one attached hydrogen (secondary N) is 1. The van der Waals surface area contributed by atoms with E-state index in [1.807, 2.05) is 0 Å². The highest BCUT2D eigenvalue weighted by Gasteiger charge is 2.20. The van der Waals surface area contributed by atoms with E-state index in [0.29, 0.717) is 25.5 Å². The molecule has 0 aliphatic rings. The van der Waals surface area contributed by atoms with Gasteiger partial charge >= 0.3 is 0 Å². The van der Waals surface area contributed by atoms with Crippen molar-refractivity contribution in [2.45, 2.75) is 19.9 Å². The first-order chi connectivity index (χ1) is 12.5. The van der Waals surface area contributed by atoms with Crippen LogP contribution in [0, 0.1) is 12.7 Å². The highest BCUT2D eigenvalue weighted by atomic mass is 19.1. The van der Waals surface area contributed by atoms with Gasteiger partial charge in [-0.15, -0.1) is 0 Å². The van der Waals surface area contributed by atoms with Gasteiger partial charge in [0.05, 0.1) is 6.61 Å². The molecule has 1 aromatic carbocycles. The van der Waals surface area contributed by atoms with Gasteiger partial charge in [-0.05, 0) is 24.6 Å². The zero-order chi connectivity index (χ0) is 18.9. The minimum atomic E-state index is -0.324. The number of aromatic nitrogens is 1. The topological polar surface area (TPSA) is 84.7 Å². The number of amides is 2. The second-order valence-corrected chi connectivity index (χ2v) is 5.76. The van der Waals surface area contributed by atoms with Crippen LogP contribution in [0.3, 0.4) is 0 Å². The SMILES string of the molecule is COCCN(CCC(=O)NCc1ccc(F)cc1)C(=O)c1cc(C)on1. The van der Waals surface area contributed by atoms with Gasteiger partial charge in [0.2, 0.25) is 5.91 Å². The fourth-order valence-corrected chi connectivity index (χ4v) is 2.27. The van der Waals surface area contributed by atoms with E-state index in [2.05, 4.69) is 10.5 Å². The molecule has 0 bridgehead atoms. The highest BCUT2D eigenvalue weighted by molar-refractivity contribution is 5.92. The first-order valence-corrected chi connectivity index (χ1v) is 8.22. The standard InChI is InChI=1S/C18H22FN3O4/c1-13-11-16(21-26-13)18(24)22(9-10-25-2)8-7-17(23)20-12-14-3-5-15(19)6-4-14/h3-6,11H,7-10,12H2,1-2H3,(H,20,23). The summed E-state index contributed by atoms with van der Waals surface area (Å²) in [6.45, 7) is 2.91. The third kappa shape index (κ3) is 5.96. The molecule has 26 heavy (non-hydrogen) atoms. The molecule has 2 amide bonds. The van der Waals surface area contributed by atoms with Crippen LogP contribution in [0.2, 0.25) is 0 Å². The van der Waals surface area contributed by atoms with Crippen molar-refractivity contribution in [3.05, 3.63) is 53.2 Å². The summed E-state index contributed by atoms with van der Waals surface area (Å²) >= 11 is 0. The lowest BCUT2D eigenvalue weighted by Gasteiger charge is -2.21. The maximum Gasteiger partial charge on any atom is 0.276 e. The average Bonchev–Trinajstić information content (AvgIpc) is 3.07. The van der Waals surface area contributed by atoms with Crippen LogP contribution in [0.15, 0.2) is 34.9 Å². The Morgan fingerprint density at radius 1 is 1.27 bits per heavy atom. The Morgan fingerprint density at radius 2 is 2.00 bits per heavy atom. The lowest BCUT2D eigenvalue weighted by atomic mass is 10.2. The molecule has 0 atom stereocenters. The predicted molar refractivity (Wildman–Crippen MR) is 91.9 cm³/mol. The third-order valence-electron chi connectivity index (χ3n) is 3.71.